The highest BCUT2D eigenvalue weighted by molar-refractivity contribution is 7.89. The lowest BCUT2D eigenvalue weighted by Gasteiger charge is -2.27. The Kier molecular flexibility index (Phi) is 7.28. The third kappa shape index (κ3) is 5.25. The lowest BCUT2D eigenvalue weighted by atomic mass is 9.94. The van der Waals surface area contributed by atoms with E-state index in [1.165, 1.54) is 4.31 Å². The molecule has 6 nitrogen and oxygen atoms in total. The molecule has 1 rings (SSSR count). The largest absolute Gasteiger partial charge is 0.353 e. The lowest BCUT2D eigenvalue weighted by molar-refractivity contribution is -0.121. The van der Waals surface area contributed by atoms with Crippen LogP contribution < -0.4 is 11.1 Å². The Morgan fingerprint density at radius 3 is 2.37 bits per heavy atom. The highest BCUT2D eigenvalue weighted by atomic mass is 35.5. The summed E-state index contributed by atoms with van der Waals surface area (Å²) in [4.78, 5) is 11.7. The fourth-order valence-electron chi connectivity index (χ4n) is 1.86. The standard InChI is InChI=1S/C11H23N3O3S.ClH/c1-3-11(12,4-2)9-13-10(15)8-14-6-5-7-18(14,16)17;/h3-9,12H2,1-2H3,(H,13,15);1H. The molecule has 1 fully saturated rings. The predicted octanol–water partition coefficient (Wildman–Crippen LogP) is 0.0774. The first-order valence-corrected chi connectivity index (χ1v) is 7.97. The molecule has 1 aliphatic heterocycles. The lowest BCUT2D eigenvalue weighted by Crippen LogP contribution is -2.51. The van der Waals surface area contributed by atoms with Crippen LogP contribution in [-0.4, -0.2) is 49.6 Å². The SMILES string of the molecule is CCC(N)(CC)CNC(=O)CN1CCCS1(=O)=O.Cl. The number of amides is 1. The Bertz CT molecular complexity index is 396. The molecule has 0 saturated carbocycles. The van der Waals surface area contributed by atoms with Crippen LogP contribution in [0.1, 0.15) is 33.1 Å². The van der Waals surface area contributed by atoms with Crippen LogP contribution in [0.3, 0.4) is 0 Å². The van der Waals surface area contributed by atoms with Crippen molar-refractivity contribution in [1.29, 1.82) is 0 Å². The molecule has 0 aromatic carbocycles. The van der Waals surface area contributed by atoms with Crippen LogP contribution in [0.4, 0.5) is 0 Å². The van der Waals surface area contributed by atoms with Gasteiger partial charge in [0.15, 0.2) is 0 Å². The second kappa shape index (κ2) is 7.42. The highest BCUT2D eigenvalue weighted by Crippen LogP contribution is 2.13. The average molecular weight is 314 g/mol. The molecular weight excluding hydrogens is 290 g/mol. The first-order valence-electron chi connectivity index (χ1n) is 6.36. The van der Waals surface area contributed by atoms with Crippen molar-refractivity contribution in [2.75, 3.05) is 25.4 Å². The summed E-state index contributed by atoms with van der Waals surface area (Å²) < 4.78 is 24.3. The molecule has 0 aromatic rings. The Balaban J connectivity index is 0.00000324. The third-order valence-electron chi connectivity index (χ3n) is 3.57. The molecule has 0 radical (unpaired) electrons. The molecule has 0 aliphatic carbocycles. The Labute approximate surface area is 121 Å². The van der Waals surface area contributed by atoms with E-state index in [0.717, 1.165) is 12.8 Å². The summed E-state index contributed by atoms with van der Waals surface area (Å²) in [5.41, 5.74) is 5.66. The molecule has 3 N–H and O–H groups in total. The van der Waals surface area contributed by atoms with Crippen molar-refractivity contribution in [3.05, 3.63) is 0 Å². The van der Waals surface area contributed by atoms with E-state index in [2.05, 4.69) is 5.32 Å². The predicted molar refractivity (Wildman–Crippen MR) is 77.7 cm³/mol. The molecule has 1 heterocycles. The molecule has 1 saturated heterocycles. The second-order valence-electron chi connectivity index (χ2n) is 4.85. The van der Waals surface area contributed by atoms with E-state index >= 15 is 0 Å². The number of carbonyl (C=O) groups is 1. The monoisotopic (exact) mass is 313 g/mol. The van der Waals surface area contributed by atoms with E-state index in [0.29, 0.717) is 19.5 Å². The van der Waals surface area contributed by atoms with Crippen LogP contribution in [0.2, 0.25) is 0 Å². The van der Waals surface area contributed by atoms with Gasteiger partial charge >= 0.3 is 0 Å². The molecule has 0 atom stereocenters. The van der Waals surface area contributed by atoms with Gasteiger partial charge < -0.3 is 11.1 Å². The molecule has 0 aromatic heterocycles. The van der Waals surface area contributed by atoms with Crippen LogP contribution in [-0.2, 0) is 14.8 Å². The van der Waals surface area contributed by atoms with Gasteiger partial charge in [0.05, 0.1) is 12.3 Å². The van der Waals surface area contributed by atoms with E-state index in [9.17, 15) is 13.2 Å². The van der Waals surface area contributed by atoms with Gasteiger partial charge in [-0.15, -0.1) is 12.4 Å². The van der Waals surface area contributed by atoms with Crippen molar-refractivity contribution < 1.29 is 13.2 Å². The Morgan fingerprint density at radius 1 is 1.37 bits per heavy atom. The van der Waals surface area contributed by atoms with E-state index < -0.39 is 15.6 Å². The summed E-state index contributed by atoms with van der Waals surface area (Å²) >= 11 is 0. The van der Waals surface area contributed by atoms with Crippen LogP contribution in [0.25, 0.3) is 0 Å². The van der Waals surface area contributed by atoms with Crippen molar-refractivity contribution in [3.63, 3.8) is 0 Å². The molecule has 114 valence electrons. The van der Waals surface area contributed by atoms with Gasteiger partial charge in [-0.1, -0.05) is 13.8 Å². The van der Waals surface area contributed by atoms with Gasteiger partial charge in [-0.05, 0) is 19.3 Å². The molecule has 0 spiro atoms. The molecule has 0 bridgehead atoms. The maximum atomic E-state index is 11.7. The maximum absolute atomic E-state index is 11.7. The average Bonchev–Trinajstić information content (AvgIpc) is 2.66. The first-order chi connectivity index (χ1) is 8.33. The minimum absolute atomic E-state index is 0. The van der Waals surface area contributed by atoms with Crippen LogP contribution in [0.15, 0.2) is 0 Å². The summed E-state index contributed by atoms with van der Waals surface area (Å²) in [6.45, 7) is 4.67. The fourth-order valence-corrected chi connectivity index (χ4v) is 3.33. The van der Waals surface area contributed by atoms with Gasteiger partial charge in [0, 0.05) is 18.6 Å². The molecule has 1 aliphatic rings. The van der Waals surface area contributed by atoms with Crippen LogP contribution in [0.5, 0.6) is 0 Å². The second-order valence-corrected chi connectivity index (χ2v) is 6.94. The van der Waals surface area contributed by atoms with Crippen molar-refractivity contribution in [3.8, 4) is 0 Å². The number of nitrogens with two attached hydrogens (primary N) is 1. The van der Waals surface area contributed by atoms with E-state index in [4.69, 9.17) is 5.73 Å². The van der Waals surface area contributed by atoms with Gasteiger partial charge in [0.2, 0.25) is 15.9 Å². The smallest absolute Gasteiger partial charge is 0.235 e. The van der Waals surface area contributed by atoms with Gasteiger partial charge in [-0.3, -0.25) is 4.79 Å². The Hall–Kier alpha value is -0.370. The van der Waals surface area contributed by atoms with Gasteiger partial charge in [-0.2, -0.15) is 4.31 Å². The van der Waals surface area contributed by atoms with Gasteiger partial charge in [-0.25, -0.2) is 8.42 Å². The molecular formula is C11H24ClN3O3S. The van der Waals surface area contributed by atoms with Crippen LogP contribution >= 0.6 is 12.4 Å². The van der Waals surface area contributed by atoms with Crippen molar-refractivity contribution in [2.45, 2.75) is 38.6 Å². The van der Waals surface area contributed by atoms with Crippen LogP contribution in [0, 0.1) is 0 Å². The van der Waals surface area contributed by atoms with Crippen molar-refractivity contribution >= 4 is 28.3 Å². The quantitative estimate of drug-likeness (QED) is 0.726. The normalized spacial score (nSPS) is 18.9. The third-order valence-corrected chi connectivity index (χ3v) is 5.47. The fraction of sp³-hybridized carbons (Fsp3) is 0.909. The number of nitrogens with zero attached hydrogens (tertiary/aromatic N) is 1. The summed E-state index contributed by atoms with van der Waals surface area (Å²) in [5, 5.41) is 2.72. The molecule has 1 amide bonds. The number of nitrogens with one attached hydrogen (secondary N) is 1. The minimum atomic E-state index is -3.21. The van der Waals surface area contributed by atoms with E-state index in [1.807, 2.05) is 13.8 Å². The van der Waals surface area contributed by atoms with E-state index in [1.54, 1.807) is 0 Å². The summed E-state index contributed by atoms with van der Waals surface area (Å²) in [5.74, 6) is -0.136. The minimum Gasteiger partial charge on any atom is -0.353 e. The molecule has 8 heteroatoms. The topological polar surface area (TPSA) is 92.5 Å². The Morgan fingerprint density at radius 2 is 1.95 bits per heavy atom. The zero-order chi connectivity index (χ0) is 13.8. The number of halogens is 1. The number of sulfonamides is 1. The highest BCUT2D eigenvalue weighted by Gasteiger charge is 2.30. The maximum Gasteiger partial charge on any atom is 0.235 e. The number of hydrogen-bond donors (Lipinski definition) is 2. The molecule has 0 unspecified atom stereocenters. The van der Waals surface area contributed by atoms with E-state index in [-0.39, 0.29) is 30.6 Å². The summed E-state index contributed by atoms with van der Waals surface area (Å²) in [6, 6.07) is 0. The summed E-state index contributed by atoms with van der Waals surface area (Å²) in [7, 11) is -3.21. The number of carbonyl (C=O) groups excluding carboxylic acids is 1. The zero-order valence-electron chi connectivity index (χ0n) is 11.5. The summed E-state index contributed by atoms with van der Waals surface area (Å²) in [6.07, 6.45) is 2.14. The first kappa shape index (κ1) is 18.6. The number of rotatable bonds is 6. The number of hydrogen-bond acceptors (Lipinski definition) is 4. The van der Waals surface area contributed by atoms with Gasteiger partial charge in [0.25, 0.3) is 0 Å². The zero-order valence-corrected chi connectivity index (χ0v) is 13.1. The van der Waals surface area contributed by atoms with Crippen molar-refractivity contribution in [2.24, 2.45) is 5.73 Å². The van der Waals surface area contributed by atoms with Gasteiger partial charge in [0.1, 0.15) is 0 Å². The van der Waals surface area contributed by atoms with Crippen molar-refractivity contribution in [1.82, 2.24) is 9.62 Å². The molecule has 19 heavy (non-hydrogen) atoms.